The number of hydrogen-bond acceptors (Lipinski definition) is 5. The van der Waals surface area contributed by atoms with E-state index < -0.39 is 11.1 Å². The van der Waals surface area contributed by atoms with E-state index in [1.807, 2.05) is 55.5 Å². The monoisotopic (exact) mass is 512 g/mol. The molecule has 0 saturated carbocycles. The first-order chi connectivity index (χ1) is 18.8. The molecule has 2 atom stereocenters. The number of aliphatic imine (C=N–C) groups is 1. The van der Waals surface area contributed by atoms with Crippen LogP contribution >= 0.6 is 0 Å². The number of rotatable bonds is 4. The molecule has 0 bridgehead atoms. The van der Waals surface area contributed by atoms with Crippen LogP contribution in [0.5, 0.6) is 17.4 Å². The Labute approximate surface area is 227 Å². The fourth-order valence-electron chi connectivity index (χ4n) is 5.95. The number of aryl methyl sites for hydroxylation is 1. The van der Waals surface area contributed by atoms with Gasteiger partial charge < -0.3 is 14.6 Å². The molecule has 39 heavy (non-hydrogen) atoms. The van der Waals surface area contributed by atoms with Gasteiger partial charge in [0.15, 0.2) is 0 Å². The van der Waals surface area contributed by atoms with Gasteiger partial charge in [-0.1, -0.05) is 54.6 Å². The van der Waals surface area contributed by atoms with Crippen molar-refractivity contribution in [2.75, 3.05) is 0 Å². The predicted octanol–water partition coefficient (Wildman–Crippen LogP) is 7.72. The molecular formula is C34H28N2O3. The molecule has 192 valence electrons. The van der Waals surface area contributed by atoms with Gasteiger partial charge in [-0.3, -0.25) is 0 Å². The Bertz CT molecular complexity index is 1800. The number of pyridine rings is 1. The summed E-state index contributed by atoms with van der Waals surface area (Å²) in [5.41, 5.74) is 5.94. The summed E-state index contributed by atoms with van der Waals surface area (Å²) in [6.07, 6.45) is 0.804. The van der Waals surface area contributed by atoms with Gasteiger partial charge in [-0.2, -0.15) is 0 Å². The molecule has 5 aromatic rings. The van der Waals surface area contributed by atoms with Gasteiger partial charge in [0.05, 0.1) is 0 Å². The van der Waals surface area contributed by atoms with E-state index >= 15 is 0 Å². The Hall–Kier alpha value is -4.64. The van der Waals surface area contributed by atoms with Crippen molar-refractivity contribution in [1.29, 1.82) is 0 Å². The van der Waals surface area contributed by atoms with Gasteiger partial charge in [-0.25, -0.2) is 9.98 Å². The fraction of sp³-hybridized carbons (Fsp3) is 0.176. The number of phenolic OH excluding ortho intramolecular Hbond substituents is 1. The first-order valence-electron chi connectivity index (χ1n) is 13.2. The molecule has 0 spiro atoms. The number of aromatic hydroxyl groups is 1. The van der Waals surface area contributed by atoms with Crippen molar-refractivity contribution in [3.05, 3.63) is 119 Å². The Balaban J connectivity index is 1.32. The Kier molecular flexibility index (Phi) is 5.08. The lowest BCUT2D eigenvalue weighted by molar-refractivity contribution is 0.0476. The second-order valence-electron chi connectivity index (χ2n) is 10.9. The van der Waals surface area contributed by atoms with Gasteiger partial charge in [0, 0.05) is 23.4 Å². The minimum atomic E-state index is -0.474. The first kappa shape index (κ1) is 23.5. The molecular weight excluding hydrogens is 484 g/mol. The summed E-state index contributed by atoms with van der Waals surface area (Å²) < 4.78 is 13.0. The topological polar surface area (TPSA) is 63.9 Å². The number of hydrogen-bond donors (Lipinski definition) is 1. The van der Waals surface area contributed by atoms with E-state index in [4.69, 9.17) is 14.5 Å². The molecule has 0 radical (unpaired) electrons. The van der Waals surface area contributed by atoms with Crippen molar-refractivity contribution in [3.8, 4) is 28.5 Å². The summed E-state index contributed by atoms with van der Waals surface area (Å²) in [7, 11) is 0. The Morgan fingerprint density at radius 3 is 2.44 bits per heavy atom. The third-order valence-electron chi connectivity index (χ3n) is 8.12. The number of fused-ring (bicyclic) bond motifs is 4. The number of phenols is 1. The van der Waals surface area contributed by atoms with Crippen molar-refractivity contribution >= 4 is 16.8 Å². The molecule has 0 amide bonds. The zero-order valence-corrected chi connectivity index (χ0v) is 22.1. The Morgan fingerprint density at radius 2 is 1.59 bits per heavy atom. The minimum absolute atomic E-state index is 0.135. The van der Waals surface area contributed by atoms with Crippen molar-refractivity contribution in [1.82, 2.24) is 4.98 Å². The van der Waals surface area contributed by atoms with Gasteiger partial charge in [-0.15, -0.1) is 0 Å². The zero-order chi connectivity index (χ0) is 26.8. The highest BCUT2D eigenvalue weighted by Crippen LogP contribution is 2.53. The van der Waals surface area contributed by atoms with Crippen LogP contribution in [-0.2, 0) is 16.7 Å². The molecule has 2 heterocycles. The van der Waals surface area contributed by atoms with Crippen LogP contribution in [0, 0.1) is 6.92 Å². The van der Waals surface area contributed by atoms with Crippen LogP contribution in [0.2, 0.25) is 0 Å². The van der Waals surface area contributed by atoms with Crippen molar-refractivity contribution in [3.63, 3.8) is 0 Å². The van der Waals surface area contributed by atoms with Gasteiger partial charge in [-0.05, 0) is 85.0 Å². The standard InChI is InChI=1S/C34H28N2O3/c1-21-15-23-13-14-30(35-31(23)29(37)16-21)38-27-18-25(22-9-5-4-6-10-22)17-26(19-27)32-36-34(3)28-12-8-7-11-24(28)20-33(34,2)39-32/h4-19,37H,20H2,1-3H3/t33-,34+/m1/s1. The van der Waals surface area contributed by atoms with E-state index in [0.717, 1.165) is 34.1 Å². The second kappa shape index (κ2) is 8.43. The summed E-state index contributed by atoms with van der Waals surface area (Å²) >= 11 is 0. The van der Waals surface area contributed by atoms with Crippen molar-refractivity contribution < 1.29 is 14.6 Å². The van der Waals surface area contributed by atoms with E-state index in [-0.39, 0.29) is 5.75 Å². The van der Waals surface area contributed by atoms with E-state index in [9.17, 15) is 5.11 Å². The molecule has 5 heteroatoms. The third kappa shape index (κ3) is 3.76. The third-order valence-corrected chi connectivity index (χ3v) is 8.12. The molecule has 1 N–H and O–H groups in total. The first-order valence-corrected chi connectivity index (χ1v) is 13.2. The lowest BCUT2D eigenvalue weighted by Gasteiger charge is -2.31. The molecule has 0 fully saturated rings. The van der Waals surface area contributed by atoms with E-state index in [1.54, 1.807) is 6.07 Å². The van der Waals surface area contributed by atoms with Crippen LogP contribution in [0.3, 0.4) is 0 Å². The summed E-state index contributed by atoms with van der Waals surface area (Å²) in [5.74, 6) is 1.76. The zero-order valence-electron chi connectivity index (χ0n) is 22.1. The second-order valence-corrected chi connectivity index (χ2v) is 10.9. The van der Waals surface area contributed by atoms with Crippen LogP contribution in [0.1, 0.15) is 36.1 Å². The molecule has 1 aliphatic carbocycles. The molecule has 4 aromatic carbocycles. The highest BCUT2D eigenvalue weighted by molar-refractivity contribution is 5.98. The number of ether oxygens (including phenoxy) is 2. The number of benzene rings is 4. The molecule has 5 nitrogen and oxygen atoms in total. The average molecular weight is 513 g/mol. The molecule has 1 aromatic heterocycles. The maximum Gasteiger partial charge on any atom is 0.219 e. The summed E-state index contributed by atoms with van der Waals surface area (Å²) in [6.45, 7) is 6.26. The van der Waals surface area contributed by atoms with Crippen LogP contribution < -0.4 is 4.74 Å². The lowest BCUT2D eigenvalue weighted by atomic mass is 9.84. The number of nitrogens with zero attached hydrogens (tertiary/aromatic N) is 2. The Morgan fingerprint density at radius 1 is 0.821 bits per heavy atom. The maximum absolute atomic E-state index is 10.5. The fourth-order valence-corrected chi connectivity index (χ4v) is 5.95. The van der Waals surface area contributed by atoms with Crippen LogP contribution in [-0.4, -0.2) is 21.6 Å². The summed E-state index contributed by atoms with van der Waals surface area (Å²) in [6, 6.07) is 32.1. The normalized spacial score (nSPS) is 21.3. The average Bonchev–Trinajstić information content (AvgIpc) is 3.32. The lowest BCUT2D eigenvalue weighted by Crippen LogP contribution is -2.41. The minimum Gasteiger partial charge on any atom is -0.506 e. The van der Waals surface area contributed by atoms with E-state index in [2.05, 4.69) is 61.3 Å². The van der Waals surface area contributed by atoms with Gasteiger partial charge >= 0.3 is 0 Å². The van der Waals surface area contributed by atoms with Crippen molar-refractivity contribution in [2.24, 2.45) is 4.99 Å². The quantitative estimate of drug-likeness (QED) is 0.268. The van der Waals surface area contributed by atoms with E-state index in [0.29, 0.717) is 23.0 Å². The highest BCUT2D eigenvalue weighted by atomic mass is 16.5. The molecule has 1 aliphatic heterocycles. The largest absolute Gasteiger partial charge is 0.506 e. The maximum atomic E-state index is 10.5. The molecule has 0 saturated heterocycles. The van der Waals surface area contributed by atoms with Crippen LogP contribution in [0.25, 0.3) is 22.0 Å². The summed E-state index contributed by atoms with van der Waals surface area (Å²) in [5, 5.41) is 11.3. The van der Waals surface area contributed by atoms with Gasteiger partial charge in [0.1, 0.15) is 28.2 Å². The van der Waals surface area contributed by atoms with Crippen LogP contribution in [0.4, 0.5) is 0 Å². The van der Waals surface area contributed by atoms with Crippen LogP contribution in [0.15, 0.2) is 102 Å². The molecule has 0 unspecified atom stereocenters. The molecule has 7 rings (SSSR count). The predicted molar refractivity (Wildman–Crippen MR) is 154 cm³/mol. The SMILES string of the molecule is Cc1cc(O)c2nc(Oc3cc(C4=N[C@@]5(C)c6ccccc6C[C@@]5(C)O4)cc(-c4ccccc4)c3)ccc2c1. The summed E-state index contributed by atoms with van der Waals surface area (Å²) in [4.78, 5) is 9.80. The van der Waals surface area contributed by atoms with Gasteiger partial charge in [0.2, 0.25) is 11.8 Å². The van der Waals surface area contributed by atoms with Gasteiger partial charge in [0.25, 0.3) is 0 Å². The van der Waals surface area contributed by atoms with E-state index in [1.165, 1.54) is 11.1 Å². The smallest absolute Gasteiger partial charge is 0.219 e. The van der Waals surface area contributed by atoms with Crippen molar-refractivity contribution in [2.45, 2.75) is 38.3 Å². The molecule has 2 aliphatic rings. The number of aromatic nitrogens is 1. The highest BCUT2D eigenvalue weighted by Gasteiger charge is 2.58.